The first-order valence-electron chi connectivity index (χ1n) is 13.0. The van der Waals surface area contributed by atoms with E-state index in [-0.39, 0.29) is 62.9 Å². The quantitative estimate of drug-likeness (QED) is 0.247. The molecule has 9 rings (SSSR count). The predicted octanol–water partition coefficient (Wildman–Crippen LogP) is 4.39. The number of nitrogens with zero attached hydrogens (tertiary/aromatic N) is 1. The molecule has 204 valence electrons. The molecule has 0 aromatic heterocycles. The number of hydrogen-bond donors (Lipinski definition) is 0. The van der Waals surface area contributed by atoms with Crippen molar-refractivity contribution in [2.24, 2.45) is 0 Å². The second-order valence-corrected chi connectivity index (χ2v) is 10.6. The molecule has 42 heavy (non-hydrogen) atoms. The summed E-state index contributed by atoms with van der Waals surface area (Å²) in [4.78, 5) is 2.28. The topological polar surface area (TPSA) is 3.24 Å². The van der Waals surface area contributed by atoms with Crippen molar-refractivity contribution in [2.45, 2.75) is 11.8 Å². The zero-order valence-corrected chi connectivity index (χ0v) is 27.7. The number of anilines is 3. The first kappa shape index (κ1) is 32.3. The van der Waals surface area contributed by atoms with Crippen molar-refractivity contribution < 1.29 is 51.0 Å². The Bertz CT molecular complexity index is 1730. The van der Waals surface area contributed by atoms with E-state index >= 15 is 0 Å². The minimum Gasteiger partial charge on any atom is -1.00 e. The average Bonchev–Trinajstić information content (AvgIpc) is 3.64. The molecule has 0 radical (unpaired) electrons. The molecule has 2 unspecified atom stereocenters. The molecular formula is C36H23Cl4NZr. The summed E-state index contributed by atoms with van der Waals surface area (Å²) in [5, 5.41) is 1.64. The predicted molar refractivity (Wildman–Crippen MR) is 163 cm³/mol. The van der Waals surface area contributed by atoms with Crippen molar-refractivity contribution in [2.75, 3.05) is 4.90 Å². The Hall–Kier alpha value is -2.58. The molecule has 0 saturated carbocycles. The third-order valence-electron chi connectivity index (χ3n) is 7.55. The van der Waals surface area contributed by atoms with Crippen LogP contribution in [0.5, 0.6) is 0 Å². The molecule has 4 aliphatic rings. The van der Waals surface area contributed by atoms with Crippen LogP contribution in [0.3, 0.4) is 0 Å². The van der Waals surface area contributed by atoms with Crippen LogP contribution in [-0.4, -0.2) is 0 Å². The van der Waals surface area contributed by atoms with Gasteiger partial charge in [-0.3, -0.25) is 12.2 Å². The summed E-state index contributed by atoms with van der Waals surface area (Å²) < 4.78 is 0. The van der Waals surface area contributed by atoms with E-state index in [1.165, 1.54) is 27.8 Å². The molecule has 2 aliphatic heterocycles. The van der Waals surface area contributed by atoms with E-state index in [4.69, 9.17) is 23.2 Å². The second-order valence-electron chi connectivity index (χ2n) is 9.80. The summed E-state index contributed by atoms with van der Waals surface area (Å²) >= 11 is 12.8. The van der Waals surface area contributed by atoms with Crippen LogP contribution in [0.4, 0.5) is 17.1 Å². The van der Waals surface area contributed by atoms with Gasteiger partial charge in [-0.2, -0.15) is 5.56 Å². The third kappa shape index (κ3) is 5.81. The number of rotatable bonds is 2. The summed E-state index contributed by atoms with van der Waals surface area (Å²) in [5.41, 5.74) is 10.6. The molecule has 5 aromatic rings. The largest absolute Gasteiger partial charge is 4.00 e. The van der Waals surface area contributed by atoms with E-state index in [9.17, 15) is 0 Å². The molecule has 0 spiro atoms. The van der Waals surface area contributed by atoms with E-state index in [1.54, 1.807) is 0 Å². The van der Waals surface area contributed by atoms with Crippen LogP contribution in [-0.2, 0) is 26.2 Å². The second kappa shape index (κ2) is 13.8. The monoisotopic (exact) mass is 699 g/mol. The van der Waals surface area contributed by atoms with Crippen LogP contribution >= 0.6 is 23.2 Å². The minimum absolute atomic E-state index is 0. The van der Waals surface area contributed by atoms with Crippen LogP contribution in [0.1, 0.15) is 45.2 Å². The van der Waals surface area contributed by atoms with E-state index in [2.05, 4.69) is 95.9 Å². The maximum absolute atomic E-state index is 6.53. The van der Waals surface area contributed by atoms with Crippen LogP contribution < -0.4 is 29.7 Å². The van der Waals surface area contributed by atoms with Gasteiger partial charge >= 0.3 is 26.2 Å². The normalized spacial score (nSPS) is 16.0. The van der Waals surface area contributed by atoms with Gasteiger partial charge in [0.15, 0.2) is 0 Å². The van der Waals surface area contributed by atoms with Gasteiger partial charge in [-0.25, -0.2) is 12.2 Å². The molecule has 2 aliphatic carbocycles. The zero-order valence-electron chi connectivity index (χ0n) is 22.2. The van der Waals surface area contributed by atoms with Gasteiger partial charge in [-0.1, -0.05) is 119 Å². The molecule has 0 N–H and O–H groups in total. The Morgan fingerprint density at radius 1 is 0.524 bits per heavy atom. The van der Waals surface area contributed by atoms with Crippen molar-refractivity contribution in [1.29, 1.82) is 0 Å². The van der Waals surface area contributed by atoms with Crippen LogP contribution in [0.2, 0.25) is 10.0 Å². The van der Waals surface area contributed by atoms with Crippen LogP contribution in [0.15, 0.2) is 115 Å². The summed E-state index contributed by atoms with van der Waals surface area (Å²) in [6, 6.07) is 39.6. The zero-order chi connectivity index (χ0) is 26.3. The van der Waals surface area contributed by atoms with Gasteiger partial charge in [0.25, 0.3) is 0 Å². The van der Waals surface area contributed by atoms with E-state index in [1.807, 2.05) is 48.5 Å². The summed E-state index contributed by atoms with van der Waals surface area (Å²) in [6.07, 6.45) is 11.0. The standard InChI is InChI=1S/C21H13ClN.C15H10Cl.2ClH.Zr/c22-19-12-13-20-18-11-10-17(21(18)19)14-6-8-16(9-7-14)23(20)15-4-2-1-3-5-15;16-14-8-4-7-12-9-10-13(15(12)14)11-5-2-1-3-6-11;;;/h1-9,11-13,17H;1-9,13H;2*1H;/q2*-1;;;+4/p-2. The number of para-hydroxylation sites is 1. The maximum atomic E-state index is 6.53. The maximum Gasteiger partial charge on any atom is 4.00 e. The van der Waals surface area contributed by atoms with Gasteiger partial charge < -0.3 is 29.7 Å². The van der Waals surface area contributed by atoms with Gasteiger partial charge in [0.2, 0.25) is 0 Å². The van der Waals surface area contributed by atoms with E-state index in [0.29, 0.717) is 0 Å². The van der Waals surface area contributed by atoms with Gasteiger partial charge in [0.1, 0.15) is 0 Å². The summed E-state index contributed by atoms with van der Waals surface area (Å²) in [7, 11) is 0. The Kier molecular flexibility index (Phi) is 10.6. The molecule has 0 fully saturated rings. The fourth-order valence-electron chi connectivity index (χ4n) is 5.72. The Labute approximate surface area is 288 Å². The van der Waals surface area contributed by atoms with Crippen LogP contribution in [0, 0.1) is 12.2 Å². The Morgan fingerprint density at radius 3 is 1.81 bits per heavy atom. The minimum atomic E-state index is 0. The van der Waals surface area contributed by atoms with Crippen molar-refractivity contribution in [3.05, 3.63) is 171 Å². The Morgan fingerprint density at radius 2 is 1.10 bits per heavy atom. The number of halogens is 4. The molecule has 2 heterocycles. The van der Waals surface area contributed by atoms with Gasteiger partial charge in [0, 0.05) is 21.4 Å². The first-order valence-corrected chi connectivity index (χ1v) is 13.7. The molecule has 6 heteroatoms. The van der Waals surface area contributed by atoms with Gasteiger partial charge in [-0.15, -0.1) is 22.8 Å². The SMILES string of the molecule is Clc1ccc2c3c1C([C-]=C3)c1ccc(cc1)N2c1ccccc1.Clc1cccc2c1C(c1ccccc1)[C-]=C2.[Cl-].[Cl-].[Zr+4]. The Balaban J connectivity index is 0.000000190. The van der Waals surface area contributed by atoms with Crippen molar-refractivity contribution in [3.8, 4) is 0 Å². The van der Waals surface area contributed by atoms with Gasteiger partial charge in [-0.05, 0) is 42.1 Å². The molecule has 5 aromatic carbocycles. The first-order chi connectivity index (χ1) is 19.2. The molecule has 0 amide bonds. The molecule has 6 bridgehead atoms. The van der Waals surface area contributed by atoms with E-state index < -0.39 is 0 Å². The van der Waals surface area contributed by atoms with Crippen molar-refractivity contribution in [1.82, 2.24) is 0 Å². The fourth-order valence-corrected chi connectivity index (χ4v) is 6.29. The average molecular weight is 703 g/mol. The molecule has 1 nitrogen and oxygen atoms in total. The number of hydrogen-bond acceptors (Lipinski definition) is 1. The van der Waals surface area contributed by atoms with E-state index in [0.717, 1.165) is 32.7 Å². The molecular weight excluding hydrogens is 679 g/mol. The fraction of sp³-hybridized carbons (Fsp3) is 0.0556. The van der Waals surface area contributed by atoms with Crippen molar-refractivity contribution in [3.63, 3.8) is 0 Å². The summed E-state index contributed by atoms with van der Waals surface area (Å²) in [5.74, 6) is 0.312. The van der Waals surface area contributed by atoms with Gasteiger partial charge in [0.05, 0.1) is 0 Å². The third-order valence-corrected chi connectivity index (χ3v) is 8.21. The number of benzene rings is 5. The molecule has 0 saturated heterocycles. The molecule has 2 atom stereocenters. The number of allylic oxidation sites excluding steroid dienone is 2. The van der Waals surface area contributed by atoms with Crippen LogP contribution in [0.25, 0.3) is 12.2 Å². The number of fused-ring (bicyclic) bond motifs is 3. The smallest absolute Gasteiger partial charge is 1.00 e. The summed E-state index contributed by atoms with van der Waals surface area (Å²) in [6.45, 7) is 0. The van der Waals surface area contributed by atoms with Crippen molar-refractivity contribution >= 4 is 52.4 Å².